The second-order valence-electron chi connectivity index (χ2n) is 5.43. The lowest BCUT2D eigenvalue weighted by Gasteiger charge is -2.09. The van der Waals surface area contributed by atoms with Gasteiger partial charge >= 0.3 is 5.97 Å². The number of esters is 1. The lowest BCUT2D eigenvalue weighted by molar-refractivity contribution is 0.0598. The Kier molecular flexibility index (Phi) is 4.68. The van der Waals surface area contributed by atoms with E-state index in [1.54, 1.807) is 24.4 Å². The van der Waals surface area contributed by atoms with Gasteiger partial charge in [-0.1, -0.05) is 12.1 Å². The molecule has 0 radical (unpaired) electrons. The van der Waals surface area contributed by atoms with Crippen molar-refractivity contribution in [2.75, 3.05) is 7.11 Å². The zero-order chi connectivity index (χ0) is 18.8. The van der Waals surface area contributed by atoms with Gasteiger partial charge in [-0.05, 0) is 25.1 Å². The van der Waals surface area contributed by atoms with Crippen LogP contribution in [0.2, 0.25) is 0 Å². The fraction of sp³-hybridized carbons (Fsp3) is 0.111. The predicted octanol–water partition coefficient (Wildman–Crippen LogP) is 2.33. The number of rotatable bonds is 4. The highest BCUT2D eigenvalue weighted by molar-refractivity contribution is 7.12. The van der Waals surface area contributed by atoms with Gasteiger partial charge in [-0.3, -0.25) is 14.2 Å². The number of thiazole rings is 1. The highest BCUT2D eigenvalue weighted by Gasteiger charge is 2.21. The Labute approximate surface area is 152 Å². The molecule has 1 aromatic carbocycles. The molecule has 0 spiro atoms. The van der Waals surface area contributed by atoms with Crippen LogP contribution in [0, 0.1) is 6.92 Å². The number of carbonyl (C=O) groups is 2. The van der Waals surface area contributed by atoms with Gasteiger partial charge in [0.15, 0.2) is 10.9 Å². The van der Waals surface area contributed by atoms with Crippen molar-refractivity contribution < 1.29 is 19.4 Å². The molecular weight excluding hydrogens is 356 g/mol. The number of carbonyl (C=O) groups excluding carboxylic acids is 2. The summed E-state index contributed by atoms with van der Waals surface area (Å²) in [6.07, 6.45) is 1.31. The van der Waals surface area contributed by atoms with Crippen LogP contribution in [-0.2, 0) is 4.74 Å². The van der Waals surface area contributed by atoms with Gasteiger partial charge in [0, 0.05) is 17.1 Å². The second-order valence-corrected chi connectivity index (χ2v) is 6.26. The van der Waals surface area contributed by atoms with Crippen LogP contribution < -0.4 is 5.56 Å². The van der Waals surface area contributed by atoms with Gasteiger partial charge in [-0.25, -0.2) is 9.78 Å². The molecule has 0 amide bonds. The van der Waals surface area contributed by atoms with E-state index in [1.165, 1.54) is 35.7 Å². The van der Waals surface area contributed by atoms with Crippen molar-refractivity contribution in [1.82, 2.24) is 9.55 Å². The summed E-state index contributed by atoms with van der Waals surface area (Å²) in [5, 5.41) is 12.0. The first-order chi connectivity index (χ1) is 12.4. The highest BCUT2D eigenvalue weighted by atomic mass is 32.1. The number of aromatic hydroxyl groups is 1. The van der Waals surface area contributed by atoms with Gasteiger partial charge in [0.05, 0.1) is 18.4 Å². The SMILES string of the molecule is COC(=O)c1cc(C(=O)c2ccccc2O)cn(-c2nc(C)cs2)c1=O. The first-order valence-corrected chi connectivity index (χ1v) is 8.40. The van der Waals surface area contributed by atoms with Crippen LogP contribution >= 0.6 is 11.3 Å². The van der Waals surface area contributed by atoms with Crippen LogP contribution in [0.3, 0.4) is 0 Å². The number of hydrogen-bond donors (Lipinski definition) is 1. The summed E-state index contributed by atoms with van der Waals surface area (Å²) in [4.78, 5) is 41.6. The fourth-order valence-corrected chi connectivity index (χ4v) is 3.15. The van der Waals surface area contributed by atoms with Crippen LogP contribution in [0.25, 0.3) is 5.13 Å². The molecule has 0 fully saturated rings. The Morgan fingerprint density at radius 1 is 1.23 bits per heavy atom. The van der Waals surface area contributed by atoms with E-state index >= 15 is 0 Å². The largest absolute Gasteiger partial charge is 0.507 e. The second kappa shape index (κ2) is 6.93. The number of ketones is 1. The number of aryl methyl sites for hydroxylation is 1. The predicted molar refractivity (Wildman–Crippen MR) is 95.3 cm³/mol. The van der Waals surface area contributed by atoms with Gasteiger partial charge in [-0.2, -0.15) is 0 Å². The topological polar surface area (TPSA) is 98.5 Å². The Morgan fingerprint density at radius 3 is 2.58 bits per heavy atom. The Morgan fingerprint density at radius 2 is 1.96 bits per heavy atom. The van der Waals surface area contributed by atoms with Gasteiger partial charge in [0.1, 0.15) is 11.3 Å². The van der Waals surface area contributed by atoms with Crippen LogP contribution in [-0.4, -0.2) is 33.5 Å². The number of para-hydroxylation sites is 1. The van der Waals surface area contributed by atoms with E-state index in [2.05, 4.69) is 9.72 Å². The lowest BCUT2D eigenvalue weighted by atomic mass is 10.0. The molecule has 1 N–H and O–H groups in total. The van der Waals surface area contributed by atoms with Crippen molar-refractivity contribution >= 4 is 23.1 Å². The van der Waals surface area contributed by atoms with Crippen LogP contribution in [0.4, 0.5) is 0 Å². The molecule has 0 bridgehead atoms. The summed E-state index contributed by atoms with van der Waals surface area (Å²) >= 11 is 1.20. The molecule has 0 atom stereocenters. The van der Waals surface area contributed by atoms with Crippen molar-refractivity contribution in [2.24, 2.45) is 0 Å². The summed E-state index contributed by atoms with van der Waals surface area (Å²) < 4.78 is 5.78. The minimum absolute atomic E-state index is 0.0550. The van der Waals surface area contributed by atoms with E-state index < -0.39 is 17.3 Å². The zero-order valence-corrected chi connectivity index (χ0v) is 14.7. The molecular formula is C18H14N2O5S. The molecule has 8 heteroatoms. The molecule has 0 aliphatic carbocycles. The van der Waals surface area contributed by atoms with Gasteiger partial charge in [0.25, 0.3) is 5.56 Å². The summed E-state index contributed by atoms with van der Waals surface area (Å²) in [5.74, 6) is -1.58. The number of hydrogen-bond acceptors (Lipinski definition) is 7. The number of nitrogens with zero attached hydrogens (tertiary/aromatic N) is 2. The molecule has 0 aliphatic rings. The number of pyridine rings is 1. The first kappa shape index (κ1) is 17.6. The number of methoxy groups -OCH3 is 1. The van der Waals surface area contributed by atoms with E-state index in [0.717, 1.165) is 11.7 Å². The molecule has 2 heterocycles. The molecule has 132 valence electrons. The fourth-order valence-electron chi connectivity index (χ4n) is 2.38. The van der Waals surface area contributed by atoms with E-state index in [0.29, 0.717) is 10.8 Å². The molecule has 2 aromatic heterocycles. The Balaban J connectivity index is 2.23. The number of benzene rings is 1. The third-order valence-electron chi connectivity index (χ3n) is 3.65. The summed E-state index contributed by atoms with van der Waals surface area (Å²) in [6.45, 7) is 1.77. The number of ether oxygens (including phenoxy) is 1. The minimum atomic E-state index is -0.857. The maximum atomic E-state index is 12.8. The molecule has 0 saturated carbocycles. The van der Waals surface area contributed by atoms with Gasteiger partial charge in [0.2, 0.25) is 0 Å². The monoisotopic (exact) mass is 370 g/mol. The van der Waals surface area contributed by atoms with Crippen LogP contribution in [0.1, 0.15) is 32.0 Å². The maximum absolute atomic E-state index is 12.8. The van der Waals surface area contributed by atoms with Crippen LogP contribution in [0.5, 0.6) is 5.75 Å². The van der Waals surface area contributed by atoms with E-state index in [9.17, 15) is 19.5 Å². The summed E-state index contributed by atoms with van der Waals surface area (Å²) in [5.41, 5.74) is -0.112. The van der Waals surface area contributed by atoms with Crippen molar-refractivity contribution in [2.45, 2.75) is 6.92 Å². The average molecular weight is 370 g/mol. The zero-order valence-electron chi connectivity index (χ0n) is 13.9. The third-order valence-corrected chi connectivity index (χ3v) is 4.60. The van der Waals surface area contributed by atoms with E-state index in [-0.39, 0.29) is 22.4 Å². The molecule has 0 aliphatic heterocycles. The summed E-state index contributed by atoms with van der Waals surface area (Å²) in [6, 6.07) is 7.20. The van der Waals surface area contributed by atoms with E-state index in [1.807, 2.05) is 0 Å². The van der Waals surface area contributed by atoms with Crippen molar-refractivity contribution in [3.8, 4) is 10.9 Å². The Hall–Kier alpha value is -3.26. The quantitative estimate of drug-likeness (QED) is 0.559. The van der Waals surface area contributed by atoms with Crippen molar-refractivity contribution in [3.05, 3.63) is 74.6 Å². The minimum Gasteiger partial charge on any atom is -0.507 e. The molecule has 0 saturated heterocycles. The number of aromatic nitrogens is 2. The van der Waals surface area contributed by atoms with Crippen molar-refractivity contribution in [1.29, 1.82) is 0 Å². The van der Waals surface area contributed by atoms with E-state index in [4.69, 9.17) is 0 Å². The first-order valence-electron chi connectivity index (χ1n) is 7.52. The lowest BCUT2D eigenvalue weighted by Crippen LogP contribution is -2.27. The average Bonchev–Trinajstić information content (AvgIpc) is 3.07. The van der Waals surface area contributed by atoms with Crippen LogP contribution in [0.15, 0.2) is 46.7 Å². The number of phenolic OH excluding ortho intramolecular Hbond substituents is 1. The molecule has 0 unspecified atom stereocenters. The van der Waals surface area contributed by atoms with Gasteiger partial charge < -0.3 is 9.84 Å². The maximum Gasteiger partial charge on any atom is 0.343 e. The summed E-state index contributed by atoms with van der Waals surface area (Å²) in [7, 11) is 1.15. The molecule has 3 aromatic rings. The molecule has 7 nitrogen and oxygen atoms in total. The smallest absolute Gasteiger partial charge is 0.343 e. The normalized spacial score (nSPS) is 10.5. The third kappa shape index (κ3) is 3.14. The highest BCUT2D eigenvalue weighted by Crippen LogP contribution is 2.21. The van der Waals surface area contributed by atoms with Gasteiger partial charge in [-0.15, -0.1) is 11.3 Å². The standard InChI is InChI=1S/C18H14N2O5S/c1-10-9-26-18(19-10)20-8-11(7-13(16(20)23)17(24)25-2)15(22)12-5-3-4-6-14(12)21/h3-9,21H,1-2H3. The molecule has 26 heavy (non-hydrogen) atoms. The number of phenols is 1. The Bertz CT molecular complexity index is 1070. The molecule has 3 rings (SSSR count). The van der Waals surface area contributed by atoms with Crippen molar-refractivity contribution in [3.63, 3.8) is 0 Å².